The van der Waals surface area contributed by atoms with Gasteiger partial charge in [0, 0.05) is 16.7 Å². The lowest BCUT2D eigenvalue weighted by Crippen LogP contribution is -2.00. The highest BCUT2D eigenvalue weighted by molar-refractivity contribution is 5.99. The Bertz CT molecular complexity index is 1890. The zero-order valence-electron chi connectivity index (χ0n) is 20.6. The quantitative estimate of drug-likeness (QED) is 0.234. The number of nitrogens with zero attached hydrogens (tertiary/aromatic N) is 3. The van der Waals surface area contributed by atoms with Crippen molar-refractivity contribution in [1.29, 1.82) is 0 Å². The van der Waals surface area contributed by atoms with Crippen molar-refractivity contribution >= 4 is 21.5 Å². The second kappa shape index (κ2) is 9.38. The van der Waals surface area contributed by atoms with Gasteiger partial charge in [0.05, 0.1) is 0 Å². The van der Waals surface area contributed by atoms with E-state index in [4.69, 9.17) is 15.0 Å². The van der Waals surface area contributed by atoms with Crippen LogP contribution in [0.15, 0.2) is 140 Å². The van der Waals surface area contributed by atoms with Crippen LogP contribution in [0, 0.1) is 0 Å². The Morgan fingerprint density at radius 2 is 0.658 bits per heavy atom. The summed E-state index contributed by atoms with van der Waals surface area (Å²) >= 11 is 0. The molecule has 6 aromatic carbocycles. The summed E-state index contributed by atoms with van der Waals surface area (Å²) in [6.45, 7) is 0. The van der Waals surface area contributed by atoms with Gasteiger partial charge in [-0.3, -0.25) is 0 Å². The van der Waals surface area contributed by atoms with Gasteiger partial charge in [-0.25, -0.2) is 15.0 Å². The van der Waals surface area contributed by atoms with E-state index in [0.717, 1.165) is 27.6 Å². The van der Waals surface area contributed by atoms with Crippen molar-refractivity contribution in [2.45, 2.75) is 0 Å². The minimum absolute atomic E-state index is 0.659. The van der Waals surface area contributed by atoms with Crippen LogP contribution in [0.25, 0.3) is 66.8 Å². The Kier molecular flexibility index (Phi) is 5.45. The molecule has 0 atom stereocenters. The van der Waals surface area contributed by atoms with Crippen LogP contribution < -0.4 is 0 Å². The molecule has 0 saturated carbocycles. The van der Waals surface area contributed by atoms with Crippen LogP contribution >= 0.6 is 0 Å². The van der Waals surface area contributed by atoms with Crippen molar-refractivity contribution < 1.29 is 0 Å². The third-order valence-corrected chi connectivity index (χ3v) is 6.88. The Balaban J connectivity index is 1.36. The molecular weight excluding hydrogens is 462 g/mol. The summed E-state index contributed by atoms with van der Waals surface area (Å²) in [5, 5.41) is 4.82. The summed E-state index contributed by atoms with van der Waals surface area (Å²) < 4.78 is 0. The second-order valence-corrected chi connectivity index (χ2v) is 9.38. The van der Waals surface area contributed by atoms with Crippen molar-refractivity contribution in [2.24, 2.45) is 0 Å². The lowest BCUT2D eigenvalue weighted by molar-refractivity contribution is 1.07. The van der Waals surface area contributed by atoms with E-state index in [9.17, 15) is 0 Å². The largest absolute Gasteiger partial charge is 0.208 e. The topological polar surface area (TPSA) is 38.7 Å². The van der Waals surface area contributed by atoms with E-state index in [2.05, 4.69) is 103 Å². The van der Waals surface area contributed by atoms with E-state index in [1.54, 1.807) is 0 Å². The van der Waals surface area contributed by atoms with Crippen LogP contribution in [0.5, 0.6) is 0 Å². The molecule has 0 aliphatic carbocycles. The van der Waals surface area contributed by atoms with Gasteiger partial charge >= 0.3 is 0 Å². The van der Waals surface area contributed by atoms with Crippen LogP contribution in [0.3, 0.4) is 0 Å². The molecule has 0 amide bonds. The minimum Gasteiger partial charge on any atom is -0.208 e. The first-order valence-corrected chi connectivity index (χ1v) is 12.7. The SMILES string of the molecule is c1ccc(-c2ccc(-c3nc(-c4ccccc4)nc(-c4ccc5cc6ccccc6cc5c4)n3)cc2)cc1. The summed E-state index contributed by atoms with van der Waals surface area (Å²) in [6, 6.07) is 48.2. The smallest absolute Gasteiger partial charge is 0.164 e. The predicted octanol–water partition coefficient (Wildman–Crippen LogP) is 8.85. The molecule has 0 spiro atoms. The van der Waals surface area contributed by atoms with Crippen LogP contribution in [-0.2, 0) is 0 Å². The number of benzene rings is 6. The standard InChI is InChI=1S/C35H23N3/c1-3-9-24(10-4-1)25-15-17-27(18-16-25)34-36-33(26-11-5-2-6-12-26)37-35(38-34)31-20-19-30-21-28-13-7-8-14-29(28)22-32(30)23-31/h1-23H. The molecular formula is C35H23N3. The Morgan fingerprint density at radius 3 is 1.29 bits per heavy atom. The molecule has 1 aromatic heterocycles. The van der Waals surface area contributed by atoms with Gasteiger partial charge < -0.3 is 0 Å². The fourth-order valence-corrected chi connectivity index (χ4v) is 4.87. The molecule has 0 bridgehead atoms. The van der Waals surface area contributed by atoms with E-state index < -0.39 is 0 Å². The van der Waals surface area contributed by atoms with Crippen LogP contribution in [0.1, 0.15) is 0 Å². The van der Waals surface area contributed by atoms with Gasteiger partial charge in [-0.2, -0.15) is 0 Å². The van der Waals surface area contributed by atoms with Crippen molar-refractivity contribution in [3.8, 4) is 45.3 Å². The van der Waals surface area contributed by atoms with Crippen LogP contribution in [0.4, 0.5) is 0 Å². The van der Waals surface area contributed by atoms with Crippen molar-refractivity contribution in [3.05, 3.63) is 140 Å². The molecule has 7 aromatic rings. The predicted molar refractivity (Wildman–Crippen MR) is 157 cm³/mol. The molecule has 0 aliphatic heterocycles. The highest BCUT2D eigenvalue weighted by Gasteiger charge is 2.13. The maximum absolute atomic E-state index is 4.95. The van der Waals surface area contributed by atoms with Gasteiger partial charge in [0.25, 0.3) is 0 Å². The molecule has 3 nitrogen and oxygen atoms in total. The van der Waals surface area contributed by atoms with Crippen molar-refractivity contribution in [2.75, 3.05) is 0 Å². The normalized spacial score (nSPS) is 11.2. The Labute approximate surface area is 221 Å². The zero-order valence-corrected chi connectivity index (χ0v) is 20.6. The minimum atomic E-state index is 0.659. The first-order valence-electron chi connectivity index (χ1n) is 12.7. The first-order chi connectivity index (χ1) is 18.8. The summed E-state index contributed by atoms with van der Waals surface area (Å²) in [7, 11) is 0. The fraction of sp³-hybridized carbons (Fsp3) is 0. The molecule has 0 radical (unpaired) electrons. The monoisotopic (exact) mass is 485 g/mol. The van der Waals surface area contributed by atoms with Crippen LogP contribution in [-0.4, -0.2) is 15.0 Å². The van der Waals surface area contributed by atoms with Gasteiger partial charge in [-0.1, -0.05) is 121 Å². The summed E-state index contributed by atoms with van der Waals surface area (Å²) in [4.78, 5) is 14.7. The molecule has 0 N–H and O–H groups in total. The van der Waals surface area contributed by atoms with Gasteiger partial charge in [0.2, 0.25) is 0 Å². The van der Waals surface area contributed by atoms with E-state index in [-0.39, 0.29) is 0 Å². The summed E-state index contributed by atoms with van der Waals surface area (Å²) in [5.41, 5.74) is 5.23. The number of aromatic nitrogens is 3. The molecule has 3 heteroatoms. The molecule has 0 unspecified atom stereocenters. The van der Waals surface area contributed by atoms with Crippen molar-refractivity contribution in [1.82, 2.24) is 15.0 Å². The van der Waals surface area contributed by atoms with E-state index in [0.29, 0.717) is 17.5 Å². The van der Waals surface area contributed by atoms with Crippen molar-refractivity contribution in [3.63, 3.8) is 0 Å². The zero-order chi connectivity index (χ0) is 25.3. The second-order valence-electron chi connectivity index (χ2n) is 9.38. The first kappa shape index (κ1) is 22.1. The summed E-state index contributed by atoms with van der Waals surface area (Å²) in [6.07, 6.45) is 0. The molecule has 1 heterocycles. The maximum atomic E-state index is 4.95. The molecule has 38 heavy (non-hydrogen) atoms. The third-order valence-electron chi connectivity index (χ3n) is 6.88. The molecule has 7 rings (SSSR count). The van der Waals surface area contributed by atoms with E-state index in [1.165, 1.54) is 21.7 Å². The highest BCUT2D eigenvalue weighted by Crippen LogP contribution is 2.30. The number of fused-ring (bicyclic) bond motifs is 2. The molecule has 0 fully saturated rings. The highest BCUT2D eigenvalue weighted by atomic mass is 15.0. The van der Waals surface area contributed by atoms with Gasteiger partial charge in [-0.05, 0) is 50.9 Å². The molecule has 178 valence electrons. The third kappa shape index (κ3) is 4.21. The van der Waals surface area contributed by atoms with Gasteiger partial charge in [0.15, 0.2) is 17.5 Å². The average Bonchev–Trinajstić information content (AvgIpc) is 3.00. The molecule has 0 aliphatic rings. The Hall–Kier alpha value is -5.15. The molecule has 0 saturated heterocycles. The fourth-order valence-electron chi connectivity index (χ4n) is 4.87. The number of hydrogen-bond donors (Lipinski definition) is 0. The maximum Gasteiger partial charge on any atom is 0.164 e. The van der Waals surface area contributed by atoms with Gasteiger partial charge in [-0.15, -0.1) is 0 Å². The number of hydrogen-bond acceptors (Lipinski definition) is 3. The van der Waals surface area contributed by atoms with Gasteiger partial charge in [0.1, 0.15) is 0 Å². The number of rotatable bonds is 4. The average molecular weight is 486 g/mol. The lowest BCUT2D eigenvalue weighted by atomic mass is 10.0. The lowest BCUT2D eigenvalue weighted by Gasteiger charge is -2.10. The summed E-state index contributed by atoms with van der Waals surface area (Å²) in [5.74, 6) is 1.99. The van der Waals surface area contributed by atoms with E-state index >= 15 is 0 Å². The van der Waals surface area contributed by atoms with Crippen LogP contribution in [0.2, 0.25) is 0 Å². The Morgan fingerprint density at radius 1 is 0.263 bits per heavy atom. The van der Waals surface area contributed by atoms with E-state index in [1.807, 2.05) is 36.4 Å².